The number of nitrogens with zero attached hydrogens (tertiary/aromatic N) is 1. The van der Waals surface area contributed by atoms with Crippen molar-refractivity contribution in [1.29, 1.82) is 0 Å². The van der Waals surface area contributed by atoms with Crippen LogP contribution < -0.4 is 5.32 Å². The molecule has 0 bridgehead atoms. The average molecular weight is 449 g/mol. The van der Waals surface area contributed by atoms with Gasteiger partial charge in [-0.25, -0.2) is 4.79 Å². The highest BCUT2D eigenvalue weighted by Gasteiger charge is 2.50. The number of nitrogens with one attached hydrogen (secondary N) is 1. The molecule has 7 nitrogen and oxygen atoms in total. The Morgan fingerprint density at radius 1 is 1.00 bits per heavy atom. The zero-order valence-electron chi connectivity index (χ0n) is 18.6. The molecule has 0 aromatic heterocycles. The van der Waals surface area contributed by atoms with Crippen LogP contribution in [0.3, 0.4) is 0 Å². The van der Waals surface area contributed by atoms with Gasteiger partial charge in [0.25, 0.3) is 0 Å². The highest BCUT2D eigenvalue weighted by molar-refractivity contribution is 5.83. The van der Waals surface area contributed by atoms with E-state index in [1.165, 1.54) is 34.2 Å². The molecule has 2 fully saturated rings. The molecule has 172 valence electrons. The van der Waals surface area contributed by atoms with E-state index in [2.05, 4.69) is 29.6 Å². The Balaban J connectivity index is 1.15. The van der Waals surface area contributed by atoms with Crippen molar-refractivity contribution in [1.82, 2.24) is 10.2 Å². The quantitative estimate of drug-likeness (QED) is 0.705. The van der Waals surface area contributed by atoms with Crippen LogP contribution in [0, 0.1) is 17.8 Å². The third kappa shape index (κ3) is 3.96. The Labute approximate surface area is 192 Å². The highest BCUT2D eigenvalue weighted by atomic mass is 16.5. The number of carboxylic acid groups (broad SMARTS) is 1. The summed E-state index contributed by atoms with van der Waals surface area (Å²) in [6.45, 7) is -0.00609. The van der Waals surface area contributed by atoms with Crippen molar-refractivity contribution in [2.45, 2.75) is 31.2 Å². The fraction of sp³-hybridized carbons (Fsp3) is 0.423. The number of rotatable bonds is 6. The van der Waals surface area contributed by atoms with Gasteiger partial charge in [0.15, 0.2) is 0 Å². The van der Waals surface area contributed by atoms with Crippen molar-refractivity contribution in [3.8, 4) is 11.1 Å². The molecule has 0 heterocycles. The van der Waals surface area contributed by atoms with Crippen LogP contribution in [-0.4, -0.2) is 54.2 Å². The molecular weight excluding hydrogens is 420 g/mol. The number of carbonyl (C=O) groups is 3. The van der Waals surface area contributed by atoms with Crippen LogP contribution >= 0.6 is 0 Å². The van der Waals surface area contributed by atoms with Gasteiger partial charge in [0.2, 0.25) is 5.91 Å². The van der Waals surface area contributed by atoms with E-state index in [9.17, 15) is 14.4 Å². The SMILES string of the molecule is CN(CC(=O)O)C(=O)C1C[C@@H]2C[C@H](NC(=O)OCC3c4ccccc4-c4ccccc43)[C@@H]2C1. The maximum atomic E-state index is 12.6. The van der Waals surface area contributed by atoms with E-state index in [4.69, 9.17) is 9.84 Å². The summed E-state index contributed by atoms with van der Waals surface area (Å²) >= 11 is 0. The number of ether oxygens (including phenoxy) is 1. The number of aliphatic carboxylic acids is 1. The molecule has 0 saturated heterocycles. The molecule has 2 aromatic rings. The first-order valence-corrected chi connectivity index (χ1v) is 11.5. The first-order chi connectivity index (χ1) is 15.9. The molecule has 2 aromatic carbocycles. The number of hydrogen-bond acceptors (Lipinski definition) is 4. The Bertz CT molecular complexity index is 1050. The molecule has 4 atom stereocenters. The lowest BCUT2D eigenvalue weighted by Gasteiger charge is -2.40. The first kappa shape index (κ1) is 21.5. The molecule has 0 spiro atoms. The van der Waals surface area contributed by atoms with Crippen LogP contribution in [0.2, 0.25) is 0 Å². The van der Waals surface area contributed by atoms with E-state index >= 15 is 0 Å². The second-order valence-electron chi connectivity index (χ2n) is 9.49. The summed E-state index contributed by atoms with van der Waals surface area (Å²) in [7, 11) is 1.53. The third-order valence-electron chi connectivity index (χ3n) is 7.57. The minimum Gasteiger partial charge on any atom is -0.480 e. The molecule has 2 amide bonds. The van der Waals surface area contributed by atoms with Gasteiger partial charge < -0.3 is 20.1 Å². The highest BCUT2D eigenvalue weighted by Crippen LogP contribution is 2.50. The molecule has 3 aliphatic rings. The minimum absolute atomic E-state index is 0.00762. The Hall–Kier alpha value is -3.35. The van der Waals surface area contributed by atoms with Crippen molar-refractivity contribution < 1.29 is 24.2 Å². The molecule has 2 N–H and O–H groups in total. The van der Waals surface area contributed by atoms with Crippen molar-refractivity contribution in [2.24, 2.45) is 17.8 Å². The zero-order chi connectivity index (χ0) is 23.1. The van der Waals surface area contributed by atoms with Crippen molar-refractivity contribution in [3.05, 3.63) is 59.7 Å². The molecule has 33 heavy (non-hydrogen) atoms. The fourth-order valence-corrected chi connectivity index (χ4v) is 5.98. The number of benzene rings is 2. The van der Waals surface area contributed by atoms with Crippen LogP contribution in [0.4, 0.5) is 4.79 Å². The largest absolute Gasteiger partial charge is 0.480 e. The molecule has 1 unspecified atom stereocenters. The number of fused-ring (bicyclic) bond motifs is 4. The molecule has 5 rings (SSSR count). The topological polar surface area (TPSA) is 95.9 Å². The summed E-state index contributed by atoms with van der Waals surface area (Å²) in [4.78, 5) is 37.3. The molecular formula is C26H28N2O5. The lowest BCUT2D eigenvalue weighted by atomic mass is 9.71. The van der Waals surface area contributed by atoms with Crippen LogP contribution in [0.25, 0.3) is 11.1 Å². The summed E-state index contributed by atoms with van der Waals surface area (Å²) in [5.74, 6) is -0.628. The summed E-state index contributed by atoms with van der Waals surface area (Å²) in [5.41, 5.74) is 4.74. The van der Waals surface area contributed by atoms with Crippen LogP contribution in [0.15, 0.2) is 48.5 Å². The summed E-state index contributed by atoms with van der Waals surface area (Å²) in [6.07, 6.45) is 1.86. The lowest BCUT2D eigenvalue weighted by molar-refractivity contribution is -0.145. The van der Waals surface area contributed by atoms with E-state index < -0.39 is 12.1 Å². The first-order valence-electron chi connectivity index (χ1n) is 11.5. The van der Waals surface area contributed by atoms with Gasteiger partial charge in [-0.3, -0.25) is 9.59 Å². The Morgan fingerprint density at radius 2 is 1.64 bits per heavy atom. The standard InChI is InChI=1S/C26H28N2O5/c1-28(13-24(29)30)25(31)16-10-15-12-23(21(15)11-16)27-26(32)33-14-22-19-8-4-2-6-17(19)18-7-3-5-9-20(18)22/h2-9,15-16,21-23H,10-14H2,1H3,(H,27,32)(H,29,30)/t15-,16?,21-,23+/m1/s1. The van der Waals surface area contributed by atoms with Crippen molar-refractivity contribution in [2.75, 3.05) is 20.2 Å². The van der Waals surface area contributed by atoms with Gasteiger partial charge in [-0.2, -0.15) is 0 Å². The van der Waals surface area contributed by atoms with Gasteiger partial charge in [-0.05, 0) is 53.4 Å². The zero-order valence-corrected chi connectivity index (χ0v) is 18.6. The monoisotopic (exact) mass is 448 g/mol. The summed E-state index contributed by atoms with van der Waals surface area (Å²) in [5, 5.41) is 11.9. The number of amides is 2. The molecule has 0 aliphatic heterocycles. The normalized spacial score (nSPS) is 24.8. The van der Waals surface area contributed by atoms with Crippen LogP contribution in [0.5, 0.6) is 0 Å². The van der Waals surface area contributed by atoms with E-state index in [1.54, 1.807) is 0 Å². The number of alkyl carbamates (subject to hydrolysis) is 1. The summed E-state index contributed by atoms with van der Waals surface area (Å²) < 4.78 is 5.66. The van der Waals surface area contributed by atoms with Gasteiger partial charge in [0.1, 0.15) is 13.2 Å². The number of carbonyl (C=O) groups excluding carboxylic acids is 2. The van der Waals surface area contributed by atoms with E-state index in [0.717, 1.165) is 12.8 Å². The smallest absolute Gasteiger partial charge is 0.407 e. The second kappa shape index (κ2) is 8.54. The number of likely N-dealkylation sites (N-methyl/N-ethyl adjacent to an activating group) is 1. The minimum atomic E-state index is -1.01. The Morgan fingerprint density at radius 3 is 2.27 bits per heavy atom. The fourth-order valence-electron chi connectivity index (χ4n) is 5.98. The van der Waals surface area contributed by atoms with E-state index in [0.29, 0.717) is 12.3 Å². The van der Waals surface area contributed by atoms with Gasteiger partial charge >= 0.3 is 12.1 Å². The van der Waals surface area contributed by atoms with E-state index in [1.807, 2.05) is 24.3 Å². The predicted molar refractivity (Wildman–Crippen MR) is 122 cm³/mol. The third-order valence-corrected chi connectivity index (χ3v) is 7.57. The lowest BCUT2D eigenvalue weighted by Crippen LogP contribution is -2.50. The van der Waals surface area contributed by atoms with Crippen molar-refractivity contribution >= 4 is 18.0 Å². The number of carboxylic acids is 1. The van der Waals surface area contributed by atoms with Gasteiger partial charge in [0, 0.05) is 24.9 Å². The molecule has 7 heteroatoms. The maximum Gasteiger partial charge on any atom is 0.407 e. The average Bonchev–Trinajstić information content (AvgIpc) is 3.30. The Kier molecular flexibility index (Phi) is 5.56. The van der Waals surface area contributed by atoms with E-state index in [-0.39, 0.29) is 42.9 Å². The molecule has 2 saturated carbocycles. The summed E-state index contributed by atoms with van der Waals surface area (Å²) in [6, 6.07) is 16.5. The molecule has 0 radical (unpaired) electrons. The van der Waals surface area contributed by atoms with Crippen LogP contribution in [-0.2, 0) is 14.3 Å². The van der Waals surface area contributed by atoms with Gasteiger partial charge in [-0.15, -0.1) is 0 Å². The van der Waals surface area contributed by atoms with Crippen LogP contribution in [0.1, 0.15) is 36.3 Å². The maximum absolute atomic E-state index is 12.6. The predicted octanol–water partition coefficient (Wildman–Crippen LogP) is 3.48. The van der Waals surface area contributed by atoms with Gasteiger partial charge in [0.05, 0.1) is 0 Å². The number of hydrogen-bond donors (Lipinski definition) is 2. The van der Waals surface area contributed by atoms with Crippen molar-refractivity contribution in [3.63, 3.8) is 0 Å². The second-order valence-corrected chi connectivity index (χ2v) is 9.49. The molecule has 3 aliphatic carbocycles. The van der Waals surface area contributed by atoms with Gasteiger partial charge in [-0.1, -0.05) is 48.5 Å².